The van der Waals surface area contributed by atoms with Gasteiger partial charge in [-0.1, -0.05) is 40.2 Å². The number of aromatic nitrogens is 3. The van der Waals surface area contributed by atoms with Crippen LogP contribution >= 0.6 is 46.0 Å². The summed E-state index contributed by atoms with van der Waals surface area (Å²) in [5, 5.41) is 13.3. The molecule has 346 valence electrons. The Balaban J connectivity index is 0.993. The van der Waals surface area contributed by atoms with Crippen LogP contribution < -0.4 is 25.4 Å². The molecule has 2 saturated heterocycles. The first-order valence-corrected chi connectivity index (χ1v) is 24.0. The van der Waals surface area contributed by atoms with Crippen molar-refractivity contribution in [3.05, 3.63) is 104 Å². The van der Waals surface area contributed by atoms with Gasteiger partial charge in [0.2, 0.25) is 0 Å². The number of ether oxygens (including phenoxy) is 3. The van der Waals surface area contributed by atoms with Gasteiger partial charge in [-0.2, -0.15) is 0 Å². The fourth-order valence-electron chi connectivity index (χ4n) is 7.55. The monoisotopic (exact) mass is 976 g/mol. The SMILES string of the molecule is CO/N=C(\C(=O)N[C@@H]1C(=O)N2C(C(=O)OCc3ccc(OC)cc3)=C(C[n+]3ccc4c(ccn4Cc4cc(C(=O)NN5CCCC5)cs4)c3)CS[C@H]12)c1nc(NC(=O)OC(C)(C)C)sc1Cl. The molecule has 0 radical (unpaired) electrons. The molecule has 0 bridgehead atoms. The molecule has 0 unspecified atom stereocenters. The molecule has 0 saturated carbocycles. The summed E-state index contributed by atoms with van der Waals surface area (Å²) in [4.78, 5) is 78.9. The lowest BCUT2D eigenvalue weighted by Crippen LogP contribution is -2.71. The largest absolute Gasteiger partial charge is 0.497 e. The van der Waals surface area contributed by atoms with Crippen molar-refractivity contribution < 1.29 is 47.6 Å². The topological polar surface area (TPSA) is 199 Å². The third-order valence-electron chi connectivity index (χ3n) is 10.6. The first-order chi connectivity index (χ1) is 31.7. The zero-order valence-corrected chi connectivity index (χ0v) is 39.8. The number of hydrogen-bond acceptors (Lipinski definition) is 15. The maximum atomic E-state index is 14.1. The number of nitrogens with one attached hydrogen (secondary N) is 3. The summed E-state index contributed by atoms with van der Waals surface area (Å²) in [6, 6.07) is 12.0. The van der Waals surface area contributed by atoms with Gasteiger partial charge in [0.15, 0.2) is 29.8 Å². The van der Waals surface area contributed by atoms with Gasteiger partial charge in [-0.05, 0) is 63.4 Å². The Morgan fingerprint density at radius 3 is 2.56 bits per heavy atom. The van der Waals surface area contributed by atoms with Crippen molar-refractivity contribution in [1.82, 2.24) is 30.2 Å². The number of carbonyl (C=O) groups is 5. The second kappa shape index (κ2) is 19.8. The number of benzene rings is 1. The molecule has 0 aliphatic carbocycles. The summed E-state index contributed by atoms with van der Waals surface area (Å²) in [7, 11) is 2.80. The van der Waals surface area contributed by atoms with Gasteiger partial charge in [-0.25, -0.2) is 24.1 Å². The van der Waals surface area contributed by atoms with E-state index in [1.165, 1.54) is 35.1 Å². The predicted molar refractivity (Wildman–Crippen MR) is 249 cm³/mol. The molecule has 4 aromatic heterocycles. The lowest BCUT2D eigenvalue weighted by Gasteiger charge is -2.49. The Hall–Kier alpha value is -6.00. The highest BCUT2D eigenvalue weighted by Gasteiger charge is 2.55. The van der Waals surface area contributed by atoms with E-state index >= 15 is 0 Å². The van der Waals surface area contributed by atoms with E-state index in [-0.39, 0.29) is 45.6 Å². The van der Waals surface area contributed by atoms with Crippen molar-refractivity contribution in [2.24, 2.45) is 5.16 Å². The summed E-state index contributed by atoms with van der Waals surface area (Å²) in [5.41, 5.74) is 4.90. The Morgan fingerprint density at radius 1 is 1.06 bits per heavy atom. The van der Waals surface area contributed by atoms with Crippen molar-refractivity contribution in [2.75, 3.05) is 38.4 Å². The number of halogens is 1. The highest BCUT2D eigenvalue weighted by Crippen LogP contribution is 2.41. The lowest BCUT2D eigenvalue weighted by molar-refractivity contribution is -0.687. The van der Waals surface area contributed by atoms with Crippen molar-refractivity contribution >= 4 is 97.6 Å². The average molecular weight is 978 g/mol. The van der Waals surface area contributed by atoms with Crippen LogP contribution in [-0.2, 0) is 48.4 Å². The zero-order valence-electron chi connectivity index (χ0n) is 36.6. The first-order valence-electron chi connectivity index (χ1n) is 20.8. The number of thioether (sulfide) groups is 1. The number of hydrazine groups is 1. The van der Waals surface area contributed by atoms with Gasteiger partial charge >= 0.3 is 12.1 Å². The minimum atomic E-state index is -1.06. The van der Waals surface area contributed by atoms with Crippen LogP contribution in [0, 0.1) is 0 Å². The number of oxime groups is 1. The summed E-state index contributed by atoms with van der Waals surface area (Å²) >= 11 is 10.3. The molecule has 2 atom stereocenters. The van der Waals surface area contributed by atoms with Crippen LogP contribution in [0.5, 0.6) is 5.75 Å². The summed E-state index contributed by atoms with van der Waals surface area (Å²) in [6.45, 7) is 7.64. The van der Waals surface area contributed by atoms with Crippen molar-refractivity contribution in [2.45, 2.75) is 70.3 Å². The van der Waals surface area contributed by atoms with Gasteiger partial charge in [0.1, 0.15) is 52.2 Å². The van der Waals surface area contributed by atoms with Crippen LogP contribution in [0.2, 0.25) is 4.34 Å². The minimum absolute atomic E-state index is 0.0255. The van der Waals surface area contributed by atoms with E-state index < -0.39 is 40.9 Å². The van der Waals surface area contributed by atoms with Crippen LogP contribution in [-0.4, -0.2) is 105 Å². The number of methoxy groups -OCH3 is 1. The number of thiazole rings is 1. The molecule has 3 N–H and O–H groups in total. The molecule has 4 amide bonds. The molecule has 3 aliphatic heterocycles. The van der Waals surface area contributed by atoms with Crippen molar-refractivity contribution in [3.8, 4) is 5.75 Å². The van der Waals surface area contributed by atoms with E-state index in [0.29, 0.717) is 29.2 Å². The Morgan fingerprint density at radius 2 is 1.83 bits per heavy atom. The number of esters is 1. The highest BCUT2D eigenvalue weighted by molar-refractivity contribution is 8.00. The zero-order chi connectivity index (χ0) is 46.7. The van der Waals surface area contributed by atoms with E-state index in [1.54, 1.807) is 52.1 Å². The number of nitrogens with zero attached hydrogens (tertiary/aromatic N) is 6. The van der Waals surface area contributed by atoms with E-state index in [2.05, 4.69) is 30.8 Å². The van der Waals surface area contributed by atoms with Gasteiger partial charge in [-0.15, -0.1) is 23.1 Å². The van der Waals surface area contributed by atoms with E-state index in [9.17, 15) is 24.0 Å². The molecule has 8 rings (SSSR count). The maximum absolute atomic E-state index is 14.1. The van der Waals surface area contributed by atoms with E-state index in [1.807, 2.05) is 51.7 Å². The van der Waals surface area contributed by atoms with Crippen LogP contribution in [0.15, 0.2) is 82.9 Å². The lowest BCUT2D eigenvalue weighted by atomic mass is 10.0. The molecule has 18 nitrogen and oxygen atoms in total. The summed E-state index contributed by atoms with van der Waals surface area (Å²) in [5.74, 6) is -1.16. The summed E-state index contributed by atoms with van der Waals surface area (Å²) in [6.07, 6.45) is 7.28. The number of thiophene rings is 1. The quantitative estimate of drug-likeness (QED) is 0.0382. The number of fused-ring (bicyclic) bond motifs is 2. The molecule has 2 fully saturated rings. The number of hydrogen-bond donors (Lipinski definition) is 3. The molecule has 66 heavy (non-hydrogen) atoms. The number of anilines is 1. The Bertz CT molecular complexity index is 2740. The second-order valence-electron chi connectivity index (χ2n) is 16.5. The molecule has 3 aliphatic rings. The number of pyridine rings is 1. The molecule has 1 aromatic carbocycles. The van der Waals surface area contributed by atoms with Gasteiger partial charge in [0.25, 0.3) is 17.7 Å². The van der Waals surface area contributed by atoms with Crippen LogP contribution in [0.25, 0.3) is 10.9 Å². The van der Waals surface area contributed by atoms with Crippen molar-refractivity contribution in [3.63, 3.8) is 0 Å². The van der Waals surface area contributed by atoms with Crippen molar-refractivity contribution in [1.29, 1.82) is 0 Å². The van der Waals surface area contributed by atoms with Crippen LogP contribution in [0.3, 0.4) is 0 Å². The Kier molecular flexibility index (Phi) is 14.0. The van der Waals surface area contributed by atoms with E-state index in [4.69, 9.17) is 30.6 Å². The maximum Gasteiger partial charge on any atom is 0.413 e. The number of β-lactam (4-membered cyclic amide) rings is 1. The van der Waals surface area contributed by atoms with Gasteiger partial charge in [0.05, 0.1) is 30.1 Å². The standard InChI is InChI=1S/C44H46ClN9O9S3/c1-44(2,3)63-43(59)48-42-47-32(36(45)66-42)33(50-61-5)38(56)46-34-39(57)54-35(41(58)62-22-25-8-10-29(60-4)11-9-25)28(24-65-40(34)54)20-51-16-13-31-26(19-51)12-17-52(31)21-30-18-27(23-64-30)37(55)49-53-14-6-7-15-53/h8-13,16-19,23,34,40H,6-7,14-15,20-22,24H2,1-5H3,(H2-,46,47,48,49,55,56,59)/p+1/b50-33-/t34-,40-/m1/s1. The summed E-state index contributed by atoms with van der Waals surface area (Å²) < 4.78 is 20.5. The number of carbonyl (C=O) groups excluding carboxylic acids is 5. The molecular weight excluding hydrogens is 930 g/mol. The third-order valence-corrected chi connectivity index (χ3v) is 14.1. The number of rotatable bonds is 15. The molecule has 5 aromatic rings. The second-order valence-corrected chi connectivity index (χ2v) is 20.2. The van der Waals surface area contributed by atoms with Gasteiger partial charge < -0.3 is 28.9 Å². The van der Waals surface area contributed by atoms with E-state index in [0.717, 1.165) is 58.6 Å². The molecule has 0 spiro atoms. The molecular formula is C44H47ClN9O9S3+. The highest BCUT2D eigenvalue weighted by atomic mass is 35.5. The minimum Gasteiger partial charge on any atom is -0.497 e. The number of amides is 4. The fraction of sp³-hybridized carbons (Fsp3) is 0.364. The normalized spacial score (nSPS) is 17.6. The van der Waals surface area contributed by atoms with Crippen LogP contribution in [0.4, 0.5) is 9.93 Å². The molecule has 22 heteroatoms. The fourth-order valence-corrected chi connectivity index (χ4v) is 10.8. The Labute approximate surface area is 396 Å². The van der Waals surface area contributed by atoms with Gasteiger partial charge in [0, 0.05) is 46.9 Å². The first kappa shape index (κ1) is 46.5. The van der Waals surface area contributed by atoms with Crippen LogP contribution in [0.1, 0.15) is 60.1 Å². The molecule has 7 heterocycles. The smallest absolute Gasteiger partial charge is 0.413 e. The predicted octanol–water partition coefficient (Wildman–Crippen LogP) is 5.69. The average Bonchev–Trinajstić information content (AvgIpc) is 4.12. The van der Waals surface area contributed by atoms with Gasteiger partial charge in [-0.3, -0.25) is 30.0 Å². The third kappa shape index (κ3) is 10.5.